The van der Waals surface area contributed by atoms with Crippen LogP contribution in [0.1, 0.15) is 28.3 Å². The number of carbonyl (C=O) groups excluding carboxylic acids is 1. The number of hydrogen-bond acceptors (Lipinski definition) is 4. The third kappa shape index (κ3) is 3.48. The molecule has 0 spiro atoms. The largest absolute Gasteiger partial charge is 0.352 e. The Kier molecular flexibility index (Phi) is 4.50. The summed E-state index contributed by atoms with van der Waals surface area (Å²) in [6.45, 7) is 2.29. The zero-order valence-electron chi connectivity index (χ0n) is 14.8. The third-order valence-corrected chi connectivity index (χ3v) is 4.39. The summed E-state index contributed by atoms with van der Waals surface area (Å²) >= 11 is 0. The van der Waals surface area contributed by atoms with Crippen molar-refractivity contribution in [1.82, 2.24) is 24.9 Å². The molecule has 0 bridgehead atoms. The Morgan fingerprint density at radius 3 is 2.96 bits per heavy atom. The number of carbonyl (C=O) groups is 1. The van der Waals surface area contributed by atoms with Gasteiger partial charge in [0, 0.05) is 36.3 Å². The molecule has 0 aliphatic carbocycles. The molecule has 7 heteroatoms. The standard InChI is InChI=1S/C20H18FN5O/c1-13-11-16(15-8-7-14(21)12-17(15)23-13)20(27)22-9-4-6-19-25-24-18-5-2-3-10-26(18)19/h2-3,5,7-8,10-12H,4,6,9H2,1H3,(H,22,27). The van der Waals surface area contributed by atoms with Crippen molar-refractivity contribution in [1.29, 1.82) is 0 Å². The minimum absolute atomic E-state index is 0.191. The Morgan fingerprint density at radius 2 is 2.07 bits per heavy atom. The molecule has 136 valence electrons. The van der Waals surface area contributed by atoms with Crippen molar-refractivity contribution < 1.29 is 9.18 Å². The molecule has 0 fully saturated rings. The summed E-state index contributed by atoms with van der Waals surface area (Å²) < 4.78 is 15.4. The highest BCUT2D eigenvalue weighted by atomic mass is 19.1. The van der Waals surface area contributed by atoms with Crippen LogP contribution in [0.2, 0.25) is 0 Å². The van der Waals surface area contributed by atoms with Gasteiger partial charge < -0.3 is 5.32 Å². The van der Waals surface area contributed by atoms with Crippen LogP contribution in [-0.4, -0.2) is 32.0 Å². The second-order valence-electron chi connectivity index (χ2n) is 6.38. The van der Waals surface area contributed by atoms with E-state index in [0.29, 0.717) is 35.1 Å². The number of aryl methyl sites for hydroxylation is 2. The van der Waals surface area contributed by atoms with E-state index in [1.807, 2.05) is 28.8 Å². The molecule has 3 aromatic heterocycles. The maximum atomic E-state index is 13.4. The maximum Gasteiger partial charge on any atom is 0.252 e. The number of benzene rings is 1. The van der Waals surface area contributed by atoms with E-state index in [-0.39, 0.29) is 11.7 Å². The van der Waals surface area contributed by atoms with Gasteiger partial charge >= 0.3 is 0 Å². The Bertz CT molecular complexity index is 1130. The molecule has 3 heterocycles. The van der Waals surface area contributed by atoms with Crippen molar-refractivity contribution in [3.63, 3.8) is 0 Å². The minimum Gasteiger partial charge on any atom is -0.352 e. The van der Waals surface area contributed by atoms with Gasteiger partial charge in [0.25, 0.3) is 5.91 Å². The Morgan fingerprint density at radius 1 is 1.19 bits per heavy atom. The zero-order valence-corrected chi connectivity index (χ0v) is 14.8. The van der Waals surface area contributed by atoms with Gasteiger partial charge in [-0.05, 0) is 43.7 Å². The van der Waals surface area contributed by atoms with E-state index in [1.54, 1.807) is 19.1 Å². The molecular formula is C20H18FN5O. The molecule has 1 aromatic carbocycles. The van der Waals surface area contributed by atoms with E-state index in [1.165, 1.54) is 12.1 Å². The fourth-order valence-electron chi connectivity index (χ4n) is 3.13. The van der Waals surface area contributed by atoms with Crippen LogP contribution >= 0.6 is 0 Å². The van der Waals surface area contributed by atoms with Gasteiger partial charge in [-0.2, -0.15) is 0 Å². The lowest BCUT2D eigenvalue weighted by Gasteiger charge is -2.09. The molecule has 6 nitrogen and oxygen atoms in total. The summed E-state index contributed by atoms with van der Waals surface area (Å²) in [6.07, 6.45) is 3.36. The molecule has 27 heavy (non-hydrogen) atoms. The fraction of sp³-hybridized carbons (Fsp3) is 0.200. The van der Waals surface area contributed by atoms with Crippen LogP contribution in [0.25, 0.3) is 16.6 Å². The number of aromatic nitrogens is 4. The van der Waals surface area contributed by atoms with Crippen molar-refractivity contribution in [2.45, 2.75) is 19.8 Å². The van der Waals surface area contributed by atoms with Crippen LogP contribution in [-0.2, 0) is 6.42 Å². The van der Waals surface area contributed by atoms with Gasteiger partial charge in [-0.25, -0.2) is 4.39 Å². The fourth-order valence-corrected chi connectivity index (χ4v) is 3.13. The van der Waals surface area contributed by atoms with Gasteiger partial charge in [-0.15, -0.1) is 10.2 Å². The van der Waals surface area contributed by atoms with E-state index in [2.05, 4.69) is 20.5 Å². The van der Waals surface area contributed by atoms with Gasteiger partial charge in [-0.1, -0.05) is 6.07 Å². The van der Waals surface area contributed by atoms with Crippen molar-refractivity contribution in [3.05, 3.63) is 71.6 Å². The number of amides is 1. The molecule has 0 saturated carbocycles. The molecule has 1 amide bonds. The van der Waals surface area contributed by atoms with Gasteiger partial charge in [0.15, 0.2) is 5.65 Å². The number of halogens is 1. The first-order chi connectivity index (χ1) is 13.1. The lowest BCUT2D eigenvalue weighted by atomic mass is 10.1. The predicted molar refractivity (Wildman–Crippen MR) is 100 cm³/mol. The molecule has 0 atom stereocenters. The number of rotatable bonds is 5. The lowest BCUT2D eigenvalue weighted by Crippen LogP contribution is -2.25. The molecule has 4 aromatic rings. The van der Waals surface area contributed by atoms with Crippen molar-refractivity contribution in [3.8, 4) is 0 Å². The summed E-state index contributed by atoms with van der Waals surface area (Å²) in [5.74, 6) is 0.302. The molecule has 0 radical (unpaired) electrons. The molecule has 0 aliphatic rings. The highest BCUT2D eigenvalue weighted by Crippen LogP contribution is 2.19. The summed E-state index contributed by atoms with van der Waals surface area (Å²) in [7, 11) is 0. The highest BCUT2D eigenvalue weighted by molar-refractivity contribution is 6.06. The van der Waals surface area contributed by atoms with E-state index >= 15 is 0 Å². The minimum atomic E-state index is -0.368. The van der Waals surface area contributed by atoms with Crippen molar-refractivity contribution in [2.75, 3.05) is 6.54 Å². The smallest absolute Gasteiger partial charge is 0.252 e. The molecule has 0 aliphatic heterocycles. The summed E-state index contributed by atoms with van der Waals surface area (Å²) in [5.41, 5.74) is 2.47. The quantitative estimate of drug-likeness (QED) is 0.553. The van der Waals surface area contributed by atoms with Gasteiger partial charge in [-0.3, -0.25) is 14.2 Å². The van der Waals surface area contributed by atoms with Crippen LogP contribution in [0.3, 0.4) is 0 Å². The normalized spacial score (nSPS) is 11.2. The molecule has 4 rings (SSSR count). The Balaban J connectivity index is 1.43. The third-order valence-electron chi connectivity index (χ3n) is 4.39. The van der Waals surface area contributed by atoms with E-state index < -0.39 is 0 Å². The SMILES string of the molecule is Cc1cc(C(=O)NCCCc2nnc3ccccn23)c2ccc(F)cc2n1. The average molecular weight is 363 g/mol. The van der Waals surface area contributed by atoms with Crippen LogP contribution in [0.4, 0.5) is 4.39 Å². The first kappa shape index (κ1) is 17.1. The van der Waals surface area contributed by atoms with E-state index in [4.69, 9.17) is 0 Å². The number of fused-ring (bicyclic) bond motifs is 2. The second kappa shape index (κ2) is 7.11. The number of pyridine rings is 2. The number of nitrogens with one attached hydrogen (secondary N) is 1. The zero-order chi connectivity index (χ0) is 18.8. The average Bonchev–Trinajstić information content (AvgIpc) is 3.07. The maximum absolute atomic E-state index is 13.4. The lowest BCUT2D eigenvalue weighted by molar-refractivity contribution is 0.0954. The molecule has 1 N–H and O–H groups in total. The Labute approximate surface area is 155 Å². The number of hydrogen-bond donors (Lipinski definition) is 1. The van der Waals surface area contributed by atoms with Gasteiger partial charge in [0.1, 0.15) is 11.6 Å². The van der Waals surface area contributed by atoms with Crippen LogP contribution < -0.4 is 5.32 Å². The van der Waals surface area contributed by atoms with Crippen LogP contribution in [0.5, 0.6) is 0 Å². The Hall–Kier alpha value is -3.35. The predicted octanol–water partition coefficient (Wildman–Crippen LogP) is 3.09. The summed E-state index contributed by atoms with van der Waals surface area (Å²) in [5, 5.41) is 11.9. The first-order valence-electron chi connectivity index (χ1n) is 8.75. The van der Waals surface area contributed by atoms with Gasteiger partial charge in [0.2, 0.25) is 0 Å². The summed E-state index contributed by atoms with van der Waals surface area (Å²) in [4.78, 5) is 16.9. The topological polar surface area (TPSA) is 72.2 Å². The monoisotopic (exact) mass is 363 g/mol. The van der Waals surface area contributed by atoms with Crippen LogP contribution in [0, 0.1) is 12.7 Å². The molecular weight excluding hydrogens is 345 g/mol. The van der Waals surface area contributed by atoms with Crippen LogP contribution in [0.15, 0.2) is 48.7 Å². The molecule has 0 saturated heterocycles. The first-order valence-corrected chi connectivity index (χ1v) is 8.75. The number of nitrogens with zero attached hydrogens (tertiary/aromatic N) is 4. The van der Waals surface area contributed by atoms with E-state index in [0.717, 1.165) is 17.9 Å². The van der Waals surface area contributed by atoms with Crippen molar-refractivity contribution >= 4 is 22.5 Å². The molecule has 0 unspecified atom stereocenters. The van der Waals surface area contributed by atoms with Gasteiger partial charge in [0.05, 0.1) is 11.1 Å². The summed E-state index contributed by atoms with van der Waals surface area (Å²) in [6, 6.07) is 11.7. The highest BCUT2D eigenvalue weighted by Gasteiger charge is 2.12. The van der Waals surface area contributed by atoms with Crippen molar-refractivity contribution in [2.24, 2.45) is 0 Å². The second-order valence-corrected chi connectivity index (χ2v) is 6.38. The van der Waals surface area contributed by atoms with E-state index in [9.17, 15) is 9.18 Å².